The number of anilines is 1. The van der Waals surface area contributed by atoms with Gasteiger partial charge >= 0.3 is 0 Å². The summed E-state index contributed by atoms with van der Waals surface area (Å²) in [6, 6.07) is 16.9. The third kappa shape index (κ3) is 6.13. The minimum absolute atomic E-state index is 0.109. The van der Waals surface area contributed by atoms with Crippen molar-refractivity contribution < 1.29 is 13.2 Å². The number of nitrogens with zero attached hydrogens (tertiary/aromatic N) is 5. The van der Waals surface area contributed by atoms with Crippen LogP contribution in [0.5, 0.6) is 0 Å². The maximum absolute atomic E-state index is 14.7. The predicted octanol–water partition coefficient (Wildman–Crippen LogP) is 6.79. The van der Waals surface area contributed by atoms with Gasteiger partial charge in [-0.15, -0.1) is 0 Å². The summed E-state index contributed by atoms with van der Waals surface area (Å²) < 4.78 is 42.1. The van der Waals surface area contributed by atoms with Crippen LogP contribution in [0.3, 0.4) is 0 Å². The molecule has 0 radical (unpaired) electrons. The smallest absolute Gasteiger partial charge is 0.261 e. The zero-order chi connectivity index (χ0) is 31.1. The van der Waals surface area contributed by atoms with Gasteiger partial charge in [-0.1, -0.05) is 6.07 Å². The Morgan fingerprint density at radius 1 is 0.978 bits per heavy atom. The lowest BCUT2D eigenvalue weighted by Gasteiger charge is -2.15. The molecule has 230 valence electrons. The zero-order valence-electron chi connectivity index (χ0n) is 25.0. The number of fused-ring (bicyclic) bond motifs is 2. The molecule has 0 amide bonds. The van der Waals surface area contributed by atoms with Crippen LogP contribution in [0.2, 0.25) is 0 Å². The number of hydrogen-bond acceptors (Lipinski definition) is 6. The minimum Gasteiger partial charge on any atom is -0.384 e. The number of nitrogens with one attached hydrogen (secondary N) is 3. The van der Waals surface area contributed by atoms with Gasteiger partial charge in [-0.25, -0.2) is 18.2 Å². The van der Waals surface area contributed by atoms with Gasteiger partial charge in [0.2, 0.25) is 0 Å². The van der Waals surface area contributed by atoms with Crippen molar-refractivity contribution in [2.75, 3.05) is 45.6 Å². The number of pyridine rings is 2. The standard InChI is InChI=1S/C34H33F3N8/c1-44(2)10-8-39-26-13-23(12-25(35)15-26)27-5-7-40-33-28(27)16-31(41-33)32-29-14-22(3-4-30(29)42-43-32)24-11-21(17-38-18-24)19-45-9-6-34(36,37)20-45/h3-5,7,11-18,39H,6,8-10,19-20H2,1-2H3,(H,40,41)(H,42,43). The van der Waals surface area contributed by atoms with E-state index in [9.17, 15) is 13.2 Å². The van der Waals surface area contributed by atoms with Crippen LogP contribution in [-0.4, -0.2) is 81.1 Å². The summed E-state index contributed by atoms with van der Waals surface area (Å²) in [5.74, 6) is -2.95. The van der Waals surface area contributed by atoms with Crippen LogP contribution in [0.1, 0.15) is 12.0 Å². The second-order valence-corrected chi connectivity index (χ2v) is 12.0. The third-order valence-electron chi connectivity index (χ3n) is 8.23. The number of benzene rings is 2. The van der Waals surface area contributed by atoms with E-state index in [0.717, 1.165) is 67.7 Å². The summed E-state index contributed by atoms with van der Waals surface area (Å²) in [6.07, 6.45) is 5.12. The second-order valence-electron chi connectivity index (χ2n) is 12.0. The molecule has 8 nitrogen and oxygen atoms in total. The van der Waals surface area contributed by atoms with Gasteiger partial charge in [0.1, 0.15) is 17.2 Å². The van der Waals surface area contributed by atoms with Gasteiger partial charge in [0.05, 0.1) is 17.8 Å². The summed E-state index contributed by atoms with van der Waals surface area (Å²) in [6.45, 7) is 2.10. The number of hydrogen-bond donors (Lipinski definition) is 3. The molecule has 11 heteroatoms. The molecule has 7 rings (SSSR count). The van der Waals surface area contributed by atoms with Crippen molar-refractivity contribution in [3.8, 4) is 33.6 Å². The van der Waals surface area contributed by atoms with Gasteiger partial charge in [0.15, 0.2) is 0 Å². The molecule has 0 bridgehead atoms. The summed E-state index contributed by atoms with van der Waals surface area (Å²) in [5.41, 5.74) is 8.09. The minimum atomic E-state index is -2.63. The van der Waals surface area contributed by atoms with Crippen LogP contribution in [0, 0.1) is 5.82 Å². The molecule has 2 aromatic carbocycles. The van der Waals surface area contributed by atoms with Crippen LogP contribution >= 0.6 is 0 Å². The molecule has 45 heavy (non-hydrogen) atoms. The highest BCUT2D eigenvalue weighted by Gasteiger charge is 2.37. The van der Waals surface area contributed by atoms with E-state index >= 15 is 0 Å². The molecule has 4 aromatic heterocycles. The predicted molar refractivity (Wildman–Crippen MR) is 172 cm³/mol. The monoisotopic (exact) mass is 610 g/mol. The highest BCUT2D eigenvalue weighted by atomic mass is 19.3. The number of aromatic amines is 2. The summed E-state index contributed by atoms with van der Waals surface area (Å²) in [4.78, 5) is 16.2. The van der Waals surface area contributed by atoms with Crippen LogP contribution in [0.4, 0.5) is 18.9 Å². The number of likely N-dealkylation sites (N-methyl/N-ethyl adjacent to an activating group) is 1. The highest BCUT2D eigenvalue weighted by Crippen LogP contribution is 2.36. The SMILES string of the molecule is CN(C)CCNc1cc(F)cc(-c2ccnc3[nH]c(-c4n[nH]c5ccc(-c6cncc(CN7CCC(F)(F)C7)c6)cc45)cc23)c1. The molecular formula is C34H33F3N8. The van der Waals surface area contributed by atoms with Crippen LogP contribution in [-0.2, 0) is 6.54 Å². The van der Waals surface area contributed by atoms with Gasteiger partial charge < -0.3 is 15.2 Å². The van der Waals surface area contributed by atoms with Crippen molar-refractivity contribution >= 4 is 27.6 Å². The lowest BCUT2D eigenvalue weighted by Crippen LogP contribution is -2.24. The third-order valence-corrected chi connectivity index (χ3v) is 8.23. The van der Waals surface area contributed by atoms with Gasteiger partial charge in [0.25, 0.3) is 5.92 Å². The first kappa shape index (κ1) is 29.0. The molecule has 1 aliphatic heterocycles. The van der Waals surface area contributed by atoms with Gasteiger partial charge in [-0.3, -0.25) is 15.0 Å². The first-order valence-electron chi connectivity index (χ1n) is 14.9. The van der Waals surface area contributed by atoms with Gasteiger partial charge in [-0.2, -0.15) is 5.10 Å². The second kappa shape index (κ2) is 11.6. The van der Waals surface area contributed by atoms with Crippen molar-refractivity contribution in [1.82, 2.24) is 34.9 Å². The Bertz CT molecular complexity index is 2000. The molecule has 0 unspecified atom stereocenters. The number of halogens is 3. The maximum Gasteiger partial charge on any atom is 0.261 e. The Hall–Kier alpha value is -4.74. The van der Waals surface area contributed by atoms with Crippen molar-refractivity contribution in [2.45, 2.75) is 18.9 Å². The van der Waals surface area contributed by atoms with E-state index in [2.05, 4.69) is 41.4 Å². The molecule has 0 spiro atoms. The number of H-pyrrole nitrogens is 2. The molecule has 3 N–H and O–H groups in total. The van der Waals surface area contributed by atoms with Crippen molar-refractivity contribution in [3.63, 3.8) is 0 Å². The van der Waals surface area contributed by atoms with E-state index in [0.29, 0.717) is 25.3 Å². The summed E-state index contributed by atoms with van der Waals surface area (Å²) >= 11 is 0. The lowest BCUT2D eigenvalue weighted by atomic mass is 10.0. The molecule has 5 heterocycles. The first-order valence-corrected chi connectivity index (χ1v) is 14.9. The average molecular weight is 611 g/mol. The van der Waals surface area contributed by atoms with E-state index < -0.39 is 5.92 Å². The Morgan fingerprint density at radius 3 is 2.69 bits per heavy atom. The molecule has 1 aliphatic rings. The Balaban J connectivity index is 1.20. The molecule has 6 aromatic rings. The number of likely N-dealkylation sites (tertiary alicyclic amines) is 1. The fourth-order valence-corrected chi connectivity index (χ4v) is 6.01. The fourth-order valence-electron chi connectivity index (χ4n) is 6.01. The topological polar surface area (TPSA) is 88.8 Å². The van der Waals surface area contributed by atoms with Gasteiger partial charge in [0, 0.05) is 73.2 Å². The van der Waals surface area contributed by atoms with Crippen molar-refractivity contribution in [1.29, 1.82) is 0 Å². The molecular weight excluding hydrogens is 577 g/mol. The largest absolute Gasteiger partial charge is 0.384 e. The van der Waals surface area contributed by atoms with E-state index in [4.69, 9.17) is 0 Å². The number of rotatable bonds is 9. The maximum atomic E-state index is 14.7. The molecule has 1 saturated heterocycles. The Morgan fingerprint density at radius 2 is 1.87 bits per heavy atom. The fraction of sp³-hybridized carbons (Fsp3) is 0.265. The van der Waals surface area contributed by atoms with Crippen LogP contribution < -0.4 is 5.32 Å². The quantitative estimate of drug-likeness (QED) is 0.167. The highest BCUT2D eigenvalue weighted by molar-refractivity contribution is 6.00. The summed E-state index contributed by atoms with van der Waals surface area (Å²) in [7, 11) is 4.00. The molecule has 0 aliphatic carbocycles. The molecule has 0 saturated carbocycles. The van der Waals surface area contributed by atoms with Crippen LogP contribution in [0.15, 0.2) is 73.2 Å². The normalized spacial score (nSPS) is 15.1. The number of alkyl halides is 2. The molecule has 0 atom stereocenters. The summed E-state index contributed by atoms with van der Waals surface area (Å²) in [5, 5.41) is 12.8. The van der Waals surface area contributed by atoms with Crippen molar-refractivity contribution in [2.24, 2.45) is 0 Å². The molecule has 1 fully saturated rings. The first-order chi connectivity index (χ1) is 21.7. The Labute approximate surface area is 258 Å². The van der Waals surface area contributed by atoms with Crippen LogP contribution in [0.25, 0.3) is 55.6 Å². The average Bonchev–Trinajstić information content (AvgIpc) is 3.72. The Kier molecular flexibility index (Phi) is 7.50. The number of aromatic nitrogens is 5. The lowest BCUT2D eigenvalue weighted by molar-refractivity contribution is 0.0115. The van der Waals surface area contributed by atoms with Gasteiger partial charge in [-0.05, 0) is 84.9 Å². The van der Waals surface area contributed by atoms with E-state index in [1.807, 2.05) is 50.5 Å². The van der Waals surface area contributed by atoms with Crippen molar-refractivity contribution in [3.05, 3.63) is 84.6 Å². The van der Waals surface area contributed by atoms with E-state index in [1.165, 1.54) is 12.1 Å². The van der Waals surface area contributed by atoms with E-state index in [-0.39, 0.29) is 18.8 Å². The van der Waals surface area contributed by atoms with E-state index in [1.54, 1.807) is 23.5 Å². The zero-order valence-corrected chi connectivity index (χ0v) is 25.0.